The normalized spacial score (nSPS) is 24.1. The lowest BCUT2D eigenvalue weighted by molar-refractivity contribution is -0.143. The van der Waals surface area contributed by atoms with Crippen LogP contribution in [0, 0.1) is 22.7 Å². The predicted molar refractivity (Wildman–Crippen MR) is 70.1 cm³/mol. The highest BCUT2D eigenvalue weighted by atomic mass is 16.4. The maximum atomic E-state index is 12.2. The molecule has 0 aliphatic heterocycles. The second-order valence-corrected chi connectivity index (χ2v) is 6.59. The number of nitrogens with one attached hydrogen (secondary N) is 1. The Morgan fingerprint density at radius 3 is 1.94 bits per heavy atom. The van der Waals surface area contributed by atoms with Crippen LogP contribution in [0.5, 0.6) is 0 Å². The molecule has 0 aromatic rings. The molecule has 2 N–H and O–H groups in total. The van der Waals surface area contributed by atoms with Crippen molar-refractivity contribution in [1.82, 2.24) is 5.32 Å². The molecule has 4 nitrogen and oxygen atoms in total. The van der Waals surface area contributed by atoms with E-state index in [0.29, 0.717) is 0 Å². The van der Waals surface area contributed by atoms with E-state index in [1.807, 2.05) is 13.8 Å². The SMILES string of the molecule is CCC(C)C(NC(=O)C1C(C)(C)C1(C)C)C(=O)O. The number of carboxylic acids is 1. The highest BCUT2D eigenvalue weighted by molar-refractivity contribution is 5.88. The Hall–Kier alpha value is -1.06. The first kappa shape index (κ1) is 15.0. The van der Waals surface area contributed by atoms with Crippen LogP contribution in [-0.4, -0.2) is 23.0 Å². The molecule has 1 aliphatic rings. The van der Waals surface area contributed by atoms with Gasteiger partial charge in [0.15, 0.2) is 0 Å². The van der Waals surface area contributed by atoms with E-state index in [1.165, 1.54) is 0 Å². The number of carboxylic acid groups (broad SMARTS) is 1. The molecule has 0 bridgehead atoms. The number of carbonyl (C=O) groups excluding carboxylic acids is 1. The van der Waals surface area contributed by atoms with E-state index in [2.05, 4.69) is 33.0 Å². The van der Waals surface area contributed by atoms with Crippen LogP contribution in [-0.2, 0) is 9.59 Å². The molecule has 1 amide bonds. The molecule has 0 spiro atoms. The molecule has 4 heteroatoms. The Labute approximate surface area is 109 Å². The molecule has 18 heavy (non-hydrogen) atoms. The first-order valence-electron chi connectivity index (χ1n) is 6.60. The number of carbonyl (C=O) groups is 2. The fraction of sp³-hybridized carbons (Fsp3) is 0.857. The van der Waals surface area contributed by atoms with Crippen LogP contribution < -0.4 is 5.32 Å². The largest absolute Gasteiger partial charge is 0.480 e. The summed E-state index contributed by atoms with van der Waals surface area (Å²) in [5.74, 6) is -1.24. The third kappa shape index (κ3) is 2.25. The fourth-order valence-corrected chi connectivity index (χ4v) is 2.77. The summed E-state index contributed by atoms with van der Waals surface area (Å²) in [6, 6.07) is -0.783. The van der Waals surface area contributed by atoms with Crippen molar-refractivity contribution in [2.45, 2.75) is 54.0 Å². The van der Waals surface area contributed by atoms with Crippen LogP contribution in [0.25, 0.3) is 0 Å². The number of aliphatic carboxylic acids is 1. The van der Waals surface area contributed by atoms with Crippen LogP contribution in [0.15, 0.2) is 0 Å². The van der Waals surface area contributed by atoms with Crippen LogP contribution >= 0.6 is 0 Å². The van der Waals surface area contributed by atoms with Crippen molar-refractivity contribution in [2.24, 2.45) is 22.7 Å². The molecule has 104 valence electrons. The summed E-state index contributed by atoms with van der Waals surface area (Å²) < 4.78 is 0. The molecule has 0 aromatic heterocycles. The first-order chi connectivity index (χ1) is 8.07. The van der Waals surface area contributed by atoms with Gasteiger partial charge in [0, 0.05) is 5.92 Å². The molecule has 0 heterocycles. The Kier molecular flexibility index (Phi) is 3.80. The number of hydrogen-bond donors (Lipinski definition) is 2. The van der Waals surface area contributed by atoms with Crippen LogP contribution in [0.3, 0.4) is 0 Å². The topological polar surface area (TPSA) is 66.4 Å². The van der Waals surface area contributed by atoms with E-state index in [9.17, 15) is 14.7 Å². The van der Waals surface area contributed by atoms with Crippen molar-refractivity contribution < 1.29 is 14.7 Å². The second kappa shape index (κ2) is 4.56. The number of rotatable bonds is 5. The van der Waals surface area contributed by atoms with Gasteiger partial charge in [0.25, 0.3) is 0 Å². The van der Waals surface area contributed by atoms with Gasteiger partial charge in [0.1, 0.15) is 6.04 Å². The second-order valence-electron chi connectivity index (χ2n) is 6.59. The lowest BCUT2D eigenvalue weighted by atomic mass is 9.98. The zero-order valence-electron chi connectivity index (χ0n) is 12.2. The van der Waals surface area contributed by atoms with E-state index in [1.54, 1.807) is 0 Å². The van der Waals surface area contributed by atoms with Crippen molar-refractivity contribution in [3.05, 3.63) is 0 Å². The van der Waals surface area contributed by atoms with Crippen LogP contribution in [0.1, 0.15) is 48.0 Å². The maximum absolute atomic E-state index is 12.2. The van der Waals surface area contributed by atoms with Crippen molar-refractivity contribution in [3.63, 3.8) is 0 Å². The minimum atomic E-state index is -0.950. The monoisotopic (exact) mass is 255 g/mol. The molecule has 1 fully saturated rings. The van der Waals surface area contributed by atoms with Gasteiger partial charge in [-0.3, -0.25) is 4.79 Å². The third-order valence-electron chi connectivity index (χ3n) is 5.06. The summed E-state index contributed by atoms with van der Waals surface area (Å²) in [7, 11) is 0. The Bertz CT molecular complexity index is 346. The van der Waals surface area contributed by atoms with Gasteiger partial charge in [-0.05, 0) is 16.7 Å². The highest BCUT2D eigenvalue weighted by Gasteiger charge is 2.68. The van der Waals surface area contributed by atoms with Gasteiger partial charge in [-0.25, -0.2) is 4.79 Å². The minimum Gasteiger partial charge on any atom is -0.480 e. The molecule has 0 aromatic carbocycles. The molecule has 1 saturated carbocycles. The Morgan fingerprint density at radius 2 is 1.67 bits per heavy atom. The van der Waals surface area contributed by atoms with E-state index in [4.69, 9.17) is 0 Å². The van der Waals surface area contributed by atoms with E-state index < -0.39 is 12.0 Å². The standard InChI is InChI=1S/C14H25NO3/c1-7-8(2)9(12(17)18)15-11(16)10-13(3,4)14(10,5)6/h8-10H,7H2,1-6H3,(H,15,16)(H,17,18). The summed E-state index contributed by atoms with van der Waals surface area (Å²) in [6.07, 6.45) is 0.731. The van der Waals surface area contributed by atoms with Crippen LogP contribution in [0.2, 0.25) is 0 Å². The molecule has 0 saturated heterocycles. The quantitative estimate of drug-likeness (QED) is 0.792. The first-order valence-corrected chi connectivity index (χ1v) is 6.60. The molecule has 2 atom stereocenters. The average molecular weight is 255 g/mol. The Morgan fingerprint density at radius 1 is 1.22 bits per heavy atom. The van der Waals surface area contributed by atoms with Gasteiger partial charge in [-0.1, -0.05) is 48.0 Å². The molecule has 1 rings (SSSR count). The zero-order valence-corrected chi connectivity index (χ0v) is 12.2. The molecule has 2 unspecified atom stereocenters. The number of amides is 1. The van der Waals surface area contributed by atoms with E-state index in [-0.39, 0.29) is 28.6 Å². The highest BCUT2D eigenvalue weighted by Crippen LogP contribution is 2.68. The third-order valence-corrected chi connectivity index (χ3v) is 5.06. The van der Waals surface area contributed by atoms with Gasteiger partial charge >= 0.3 is 5.97 Å². The van der Waals surface area contributed by atoms with Crippen molar-refractivity contribution in [3.8, 4) is 0 Å². The summed E-state index contributed by atoms with van der Waals surface area (Å²) in [5.41, 5.74) is -0.120. The lowest BCUT2D eigenvalue weighted by Crippen LogP contribution is -2.46. The van der Waals surface area contributed by atoms with Crippen LogP contribution in [0.4, 0.5) is 0 Å². The van der Waals surface area contributed by atoms with Crippen molar-refractivity contribution >= 4 is 11.9 Å². The van der Waals surface area contributed by atoms with Gasteiger partial charge in [0.05, 0.1) is 0 Å². The zero-order chi connectivity index (χ0) is 14.3. The summed E-state index contributed by atoms with van der Waals surface area (Å²) in [4.78, 5) is 23.4. The summed E-state index contributed by atoms with van der Waals surface area (Å²) >= 11 is 0. The fourth-order valence-electron chi connectivity index (χ4n) is 2.77. The summed E-state index contributed by atoms with van der Waals surface area (Å²) in [5, 5.41) is 11.9. The van der Waals surface area contributed by atoms with E-state index in [0.717, 1.165) is 6.42 Å². The molecular weight excluding hydrogens is 230 g/mol. The van der Waals surface area contributed by atoms with Gasteiger partial charge in [-0.15, -0.1) is 0 Å². The van der Waals surface area contributed by atoms with Crippen molar-refractivity contribution in [2.75, 3.05) is 0 Å². The van der Waals surface area contributed by atoms with E-state index >= 15 is 0 Å². The van der Waals surface area contributed by atoms with Crippen molar-refractivity contribution in [1.29, 1.82) is 0 Å². The van der Waals surface area contributed by atoms with Gasteiger partial charge < -0.3 is 10.4 Å². The molecular formula is C14H25NO3. The average Bonchev–Trinajstić information content (AvgIpc) is 2.64. The summed E-state index contributed by atoms with van der Waals surface area (Å²) in [6.45, 7) is 12.0. The molecule has 0 radical (unpaired) electrons. The minimum absolute atomic E-state index is 0.0589. The number of hydrogen-bond acceptors (Lipinski definition) is 2. The predicted octanol–water partition coefficient (Wildman–Crippen LogP) is 2.28. The lowest BCUT2D eigenvalue weighted by Gasteiger charge is -2.20. The van der Waals surface area contributed by atoms with Gasteiger partial charge in [0.2, 0.25) is 5.91 Å². The smallest absolute Gasteiger partial charge is 0.326 e. The molecule has 1 aliphatic carbocycles. The Balaban J connectivity index is 2.73. The maximum Gasteiger partial charge on any atom is 0.326 e. The van der Waals surface area contributed by atoms with Gasteiger partial charge in [-0.2, -0.15) is 0 Å².